The van der Waals surface area contributed by atoms with Gasteiger partial charge in [-0.1, -0.05) is 48.5 Å². The molecule has 0 N–H and O–H groups in total. The summed E-state index contributed by atoms with van der Waals surface area (Å²) in [7, 11) is 1.62. The lowest BCUT2D eigenvalue weighted by Crippen LogP contribution is -2.41. The number of ether oxygens (including phenoxy) is 2. The molecule has 1 aliphatic carbocycles. The minimum atomic E-state index is -0.863. The fourth-order valence-corrected chi connectivity index (χ4v) is 3.23. The van der Waals surface area contributed by atoms with E-state index in [-0.39, 0.29) is 12.6 Å². The molecule has 1 aliphatic rings. The molecule has 0 radical (unpaired) electrons. The highest BCUT2D eigenvalue weighted by molar-refractivity contribution is 5.98. The zero-order valence-electron chi connectivity index (χ0n) is 12.3. The molecule has 0 bridgehead atoms. The van der Waals surface area contributed by atoms with Crippen LogP contribution in [0.15, 0.2) is 48.5 Å². The Hall–Kier alpha value is -2.13. The maximum absolute atomic E-state index is 12.8. The third kappa shape index (κ3) is 1.88. The number of benzene rings is 2. The minimum Gasteiger partial charge on any atom is -0.465 e. The molecule has 2 aromatic rings. The Labute approximate surface area is 124 Å². The van der Waals surface area contributed by atoms with E-state index in [2.05, 4.69) is 0 Å². The lowest BCUT2D eigenvalue weighted by Gasteiger charge is -2.28. The topological polar surface area (TPSA) is 35.5 Å². The van der Waals surface area contributed by atoms with Gasteiger partial charge < -0.3 is 9.47 Å². The Morgan fingerprint density at radius 3 is 2.00 bits per heavy atom. The van der Waals surface area contributed by atoms with Crippen molar-refractivity contribution in [1.82, 2.24) is 0 Å². The van der Waals surface area contributed by atoms with E-state index in [1.807, 2.05) is 55.5 Å². The van der Waals surface area contributed by atoms with E-state index in [0.717, 1.165) is 22.3 Å². The van der Waals surface area contributed by atoms with Crippen molar-refractivity contribution in [3.05, 3.63) is 59.7 Å². The maximum atomic E-state index is 12.8. The zero-order valence-corrected chi connectivity index (χ0v) is 12.3. The number of fused-ring (bicyclic) bond motifs is 3. The summed E-state index contributed by atoms with van der Waals surface area (Å²) in [5.74, 6) is -0.246. The summed E-state index contributed by atoms with van der Waals surface area (Å²) in [4.78, 5) is 12.8. The smallest absolute Gasteiger partial charge is 0.323 e. The molecular weight excluding hydrogens is 264 g/mol. The monoisotopic (exact) mass is 282 g/mol. The zero-order chi connectivity index (χ0) is 14.9. The molecule has 3 heteroatoms. The average molecular weight is 282 g/mol. The van der Waals surface area contributed by atoms with Crippen molar-refractivity contribution in [1.29, 1.82) is 0 Å². The van der Waals surface area contributed by atoms with Crippen LogP contribution in [0.3, 0.4) is 0 Å². The summed E-state index contributed by atoms with van der Waals surface area (Å²) in [6.45, 7) is 2.46. The predicted molar refractivity (Wildman–Crippen MR) is 81.2 cm³/mol. The number of methoxy groups -OCH3 is 1. The SMILES string of the molecule is CCOC(=O)C1(COC)c2ccccc2-c2ccccc21. The molecule has 2 aromatic carbocycles. The highest BCUT2D eigenvalue weighted by Gasteiger charge is 2.50. The van der Waals surface area contributed by atoms with Gasteiger partial charge in [-0.15, -0.1) is 0 Å². The Bertz CT molecular complexity index is 630. The lowest BCUT2D eigenvalue weighted by atomic mass is 9.79. The Kier molecular flexibility index (Phi) is 3.52. The molecule has 0 unspecified atom stereocenters. The molecule has 0 aliphatic heterocycles. The third-order valence-corrected chi connectivity index (χ3v) is 4.05. The van der Waals surface area contributed by atoms with Gasteiger partial charge in [0, 0.05) is 7.11 Å². The van der Waals surface area contributed by atoms with Gasteiger partial charge in [0.15, 0.2) is 0 Å². The molecule has 0 aromatic heterocycles. The van der Waals surface area contributed by atoms with E-state index in [1.165, 1.54) is 0 Å². The quantitative estimate of drug-likeness (QED) is 0.808. The number of carbonyl (C=O) groups excluding carboxylic acids is 1. The summed E-state index contributed by atoms with van der Waals surface area (Å²) in [5.41, 5.74) is 3.23. The largest absolute Gasteiger partial charge is 0.465 e. The summed E-state index contributed by atoms with van der Waals surface area (Å²) in [5, 5.41) is 0. The highest BCUT2D eigenvalue weighted by atomic mass is 16.5. The fraction of sp³-hybridized carbons (Fsp3) is 0.278. The number of hydrogen-bond donors (Lipinski definition) is 0. The van der Waals surface area contributed by atoms with Crippen molar-refractivity contribution in [2.75, 3.05) is 20.3 Å². The van der Waals surface area contributed by atoms with E-state index in [1.54, 1.807) is 7.11 Å². The Morgan fingerprint density at radius 1 is 1.00 bits per heavy atom. The van der Waals surface area contributed by atoms with Gasteiger partial charge in [-0.25, -0.2) is 0 Å². The minimum absolute atomic E-state index is 0.246. The van der Waals surface area contributed by atoms with Crippen LogP contribution in [-0.2, 0) is 19.7 Å². The van der Waals surface area contributed by atoms with Crippen LogP contribution in [0.4, 0.5) is 0 Å². The van der Waals surface area contributed by atoms with E-state index < -0.39 is 5.41 Å². The number of carbonyl (C=O) groups is 1. The van der Waals surface area contributed by atoms with Gasteiger partial charge in [0.2, 0.25) is 0 Å². The highest BCUT2D eigenvalue weighted by Crippen LogP contribution is 2.49. The van der Waals surface area contributed by atoms with Gasteiger partial charge in [-0.3, -0.25) is 4.79 Å². The van der Waals surface area contributed by atoms with Gasteiger partial charge in [0.05, 0.1) is 13.2 Å². The molecule has 3 rings (SSSR count). The summed E-state index contributed by atoms with van der Waals surface area (Å²) in [6.07, 6.45) is 0. The van der Waals surface area contributed by atoms with Crippen LogP contribution in [0.2, 0.25) is 0 Å². The van der Waals surface area contributed by atoms with Gasteiger partial charge in [0.1, 0.15) is 5.41 Å². The van der Waals surface area contributed by atoms with Crippen molar-refractivity contribution in [2.45, 2.75) is 12.3 Å². The van der Waals surface area contributed by atoms with Gasteiger partial charge in [0.25, 0.3) is 0 Å². The second-order valence-corrected chi connectivity index (χ2v) is 5.15. The molecule has 21 heavy (non-hydrogen) atoms. The van der Waals surface area contributed by atoms with Crippen molar-refractivity contribution in [3.63, 3.8) is 0 Å². The maximum Gasteiger partial charge on any atom is 0.323 e. The Balaban J connectivity index is 2.30. The molecular formula is C18H18O3. The van der Waals surface area contributed by atoms with Crippen molar-refractivity contribution in [3.8, 4) is 11.1 Å². The van der Waals surface area contributed by atoms with Gasteiger partial charge >= 0.3 is 5.97 Å². The van der Waals surface area contributed by atoms with Gasteiger partial charge in [-0.2, -0.15) is 0 Å². The fourth-order valence-electron chi connectivity index (χ4n) is 3.23. The van der Waals surface area contributed by atoms with Crippen LogP contribution < -0.4 is 0 Å². The number of rotatable bonds is 4. The normalized spacial score (nSPS) is 14.4. The van der Waals surface area contributed by atoms with Gasteiger partial charge in [-0.05, 0) is 29.2 Å². The van der Waals surface area contributed by atoms with Crippen LogP contribution in [0.5, 0.6) is 0 Å². The summed E-state index contributed by atoms with van der Waals surface area (Å²) >= 11 is 0. The van der Waals surface area contributed by atoms with E-state index in [0.29, 0.717) is 6.61 Å². The predicted octanol–water partition coefficient (Wildman–Crippen LogP) is 3.16. The molecule has 108 valence electrons. The van der Waals surface area contributed by atoms with Crippen molar-refractivity contribution < 1.29 is 14.3 Å². The van der Waals surface area contributed by atoms with Crippen molar-refractivity contribution >= 4 is 5.97 Å². The van der Waals surface area contributed by atoms with Crippen LogP contribution in [0.1, 0.15) is 18.1 Å². The molecule has 0 atom stereocenters. The van der Waals surface area contributed by atoms with E-state index in [9.17, 15) is 4.79 Å². The first kappa shape index (κ1) is 13.8. The summed E-state index contributed by atoms with van der Waals surface area (Å²) in [6, 6.07) is 16.0. The van der Waals surface area contributed by atoms with Crippen LogP contribution in [0.25, 0.3) is 11.1 Å². The molecule has 3 nitrogen and oxygen atoms in total. The van der Waals surface area contributed by atoms with Crippen LogP contribution in [-0.4, -0.2) is 26.3 Å². The van der Waals surface area contributed by atoms with Crippen molar-refractivity contribution in [2.24, 2.45) is 0 Å². The second kappa shape index (κ2) is 5.34. The first-order chi connectivity index (χ1) is 10.3. The standard InChI is InChI=1S/C18H18O3/c1-3-21-17(19)18(12-20-2)15-10-6-4-8-13(15)14-9-5-7-11-16(14)18/h4-11H,3,12H2,1-2H3. The number of esters is 1. The lowest BCUT2D eigenvalue weighted by molar-refractivity contribution is -0.150. The second-order valence-electron chi connectivity index (χ2n) is 5.15. The average Bonchev–Trinajstić information content (AvgIpc) is 2.80. The molecule has 0 fully saturated rings. The molecule has 0 spiro atoms. The van der Waals surface area contributed by atoms with Crippen LogP contribution >= 0.6 is 0 Å². The molecule has 0 saturated heterocycles. The number of hydrogen-bond acceptors (Lipinski definition) is 3. The Morgan fingerprint density at radius 2 is 1.52 bits per heavy atom. The summed E-state index contributed by atoms with van der Waals surface area (Å²) < 4.78 is 10.8. The third-order valence-electron chi connectivity index (χ3n) is 4.05. The first-order valence-electron chi connectivity index (χ1n) is 7.11. The van der Waals surface area contributed by atoms with Crippen LogP contribution in [0, 0.1) is 0 Å². The molecule has 0 saturated carbocycles. The molecule has 0 amide bonds. The first-order valence-corrected chi connectivity index (χ1v) is 7.11. The van der Waals surface area contributed by atoms with E-state index in [4.69, 9.17) is 9.47 Å². The van der Waals surface area contributed by atoms with E-state index >= 15 is 0 Å². The molecule has 0 heterocycles.